The maximum absolute atomic E-state index is 13.9. The number of morpholine rings is 1. The smallest absolute Gasteiger partial charge is 0.281 e. The second-order valence-electron chi connectivity index (χ2n) is 11.6. The number of ketones is 1. The molecule has 3 aliphatic rings. The van der Waals surface area contributed by atoms with E-state index in [9.17, 15) is 18.4 Å². The highest BCUT2D eigenvalue weighted by Gasteiger charge is 2.28. The molecule has 0 bridgehead atoms. The average molecular weight is 617 g/mol. The van der Waals surface area contributed by atoms with Crippen LogP contribution in [0, 0.1) is 5.92 Å². The highest BCUT2D eigenvalue weighted by Crippen LogP contribution is 2.30. The largest absolute Gasteiger partial charge is 0.378 e. The molecule has 0 aromatic carbocycles. The van der Waals surface area contributed by atoms with Crippen molar-refractivity contribution in [1.29, 1.82) is 0 Å². The molecule has 2 aromatic heterocycles. The molecule has 2 aromatic rings. The third-order valence-electron chi connectivity index (χ3n) is 8.48. The van der Waals surface area contributed by atoms with Crippen molar-refractivity contribution in [2.75, 3.05) is 87.7 Å². The molecule has 0 saturated carbocycles. The van der Waals surface area contributed by atoms with Gasteiger partial charge in [-0.25, -0.2) is 18.7 Å². The first-order valence-corrected chi connectivity index (χ1v) is 15.6. The molecule has 0 atom stereocenters. The van der Waals surface area contributed by atoms with Crippen molar-refractivity contribution in [2.45, 2.75) is 51.9 Å². The number of amides is 1. The van der Waals surface area contributed by atoms with E-state index in [1.165, 1.54) is 6.20 Å². The Labute approximate surface area is 256 Å². The van der Waals surface area contributed by atoms with Gasteiger partial charge < -0.3 is 25.2 Å². The molecule has 5 heterocycles. The molecule has 44 heavy (non-hydrogen) atoms. The fourth-order valence-corrected chi connectivity index (χ4v) is 5.94. The molecule has 15 heteroatoms. The maximum atomic E-state index is 13.9. The number of rotatable bonds is 11. The summed E-state index contributed by atoms with van der Waals surface area (Å²) < 4.78 is 33.3. The minimum atomic E-state index is -2.87. The fraction of sp³-hybridized carbons (Fsp3) is 0.690. The summed E-state index contributed by atoms with van der Waals surface area (Å²) >= 11 is 0. The first-order chi connectivity index (χ1) is 21.3. The van der Waals surface area contributed by atoms with E-state index in [-0.39, 0.29) is 29.0 Å². The molecule has 5 rings (SSSR count). The van der Waals surface area contributed by atoms with Gasteiger partial charge in [-0.2, -0.15) is 15.0 Å². The van der Waals surface area contributed by atoms with Gasteiger partial charge in [-0.3, -0.25) is 14.5 Å². The van der Waals surface area contributed by atoms with E-state index in [0.29, 0.717) is 76.5 Å². The number of carbonyl (C=O) groups is 2. The van der Waals surface area contributed by atoms with Crippen molar-refractivity contribution in [3.8, 4) is 11.4 Å². The maximum Gasteiger partial charge on any atom is 0.281 e. The molecule has 0 spiro atoms. The van der Waals surface area contributed by atoms with Gasteiger partial charge in [0.1, 0.15) is 11.5 Å². The van der Waals surface area contributed by atoms with Crippen LogP contribution in [0.1, 0.15) is 57.6 Å². The number of nitrogen functional groups attached to an aromatic ring is 1. The molecule has 3 saturated heterocycles. The highest BCUT2D eigenvalue weighted by molar-refractivity contribution is 5.85. The van der Waals surface area contributed by atoms with Gasteiger partial charge in [0.2, 0.25) is 23.8 Å². The predicted molar refractivity (Wildman–Crippen MR) is 160 cm³/mol. The van der Waals surface area contributed by atoms with Gasteiger partial charge in [0.15, 0.2) is 5.82 Å². The van der Waals surface area contributed by atoms with Gasteiger partial charge >= 0.3 is 0 Å². The first-order valence-electron chi connectivity index (χ1n) is 15.6. The number of halogens is 2. The number of nitrogens with zero attached hydrogens (tertiary/aromatic N) is 9. The van der Waals surface area contributed by atoms with Crippen LogP contribution in [0.2, 0.25) is 0 Å². The summed E-state index contributed by atoms with van der Waals surface area (Å²) in [6, 6.07) is 0. The zero-order valence-corrected chi connectivity index (χ0v) is 25.3. The first kappa shape index (κ1) is 31.8. The van der Waals surface area contributed by atoms with Crippen molar-refractivity contribution >= 4 is 29.5 Å². The number of ether oxygens (including phenoxy) is 1. The standard InChI is InChI=1S/C29H42F2N10O3/c1-2-3-21(42)4-5-23(43)39-8-6-20(7-9-39)19-38-10-12-40(13-11-38)28-35-26(22-18-33-27(32)34-24(22)25(30)31)36-29(37-28)41-14-16-44-17-15-41/h18,20,25H,2-17,19H2,1H3,(H2,32,33,34). The molecule has 240 valence electrons. The number of piperazine rings is 1. The van der Waals surface area contributed by atoms with E-state index >= 15 is 0 Å². The van der Waals surface area contributed by atoms with E-state index in [1.807, 2.05) is 16.7 Å². The van der Waals surface area contributed by atoms with Gasteiger partial charge in [-0.15, -0.1) is 0 Å². The van der Waals surface area contributed by atoms with E-state index in [1.54, 1.807) is 0 Å². The van der Waals surface area contributed by atoms with Crippen LogP contribution in [0.5, 0.6) is 0 Å². The molecule has 0 unspecified atom stereocenters. The van der Waals surface area contributed by atoms with Gasteiger partial charge in [0.25, 0.3) is 6.43 Å². The number of nitrogens with two attached hydrogens (primary N) is 1. The molecule has 3 aliphatic heterocycles. The van der Waals surface area contributed by atoms with E-state index in [2.05, 4.69) is 29.7 Å². The van der Waals surface area contributed by atoms with Crippen LogP contribution in [0.15, 0.2) is 6.20 Å². The molecule has 0 aliphatic carbocycles. The fourth-order valence-electron chi connectivity index (χ4n) is 5.94. The van der Waals surface area contributed by atoms with Crippen LogP contribution < -0.4 is 15.5 Å². The monoisotopic (exact) mass is 616 g/mol. The van der Waals surface area contributed by atoms with Gasteiger partial charge in [0.05, 0.1) is 18.8 Å². The number of alkyl halides is 2. The summed E-state index contributed by atoms with van der Waals surface area (Å²) in [7, 11) is 0. The number of hydrogen-bond acceptors (Lipinski definition) is 12. The van der Waals surface area contributed by atoms with Crippen molar-refractivity contribution < 1.29 is 23.1 Å². The van der Waals surface area contributed by atoms with Crippen LogP contribution in [0.25, 0.3) is 11.4 Å². The van der Waals surface area contributed by atoms with Crippen LogP contribution >= 0.6 is 0 Å². The lowest BCUT2D eigenvalue weighted by Crippen LogP contribution is -2.49. The molecule has 2 N–H and O–H groups in total. The number of hydrogen-bond donors (Lipinski definition) is 1. The summed E-state index contributed by atoms with van der Waals surface area (Å²) in [5, 5.41) is 0. The van der Waals surface area contributed by atoms with Gasteiger partial charge in [-0.1, -0.05) is 6.92 Å². The van der Waals surface area contributed by atoms with Crippen molar-refractivity contribution in [1.82, 2.24) is 34.7 Å². The number of aromatic nitrogens is 5. The third kappa shape index (κ3) is 8.11. The summed E-state index contributed by atoms with van der Waals surface area (Å²) in [5.41, 5.74) is 5.12. The number of Topliss-reactive ketones (excluding diaryl/α,β-unsaturated/α-hetero) is 1. The number of likely N-dealkylation sites (tertiary alicyclic amines) is 1. The summed E-state index contributed by atoms with van der Waals surface area (Å²) in [5.74, 6) is 1.44. The topological polar surface area (TPSA) is 147 Å². The lowest BCUT2D eigenvalue weighted by Gasteiger charge is -2.39. The second-order valence-corrected chi connectivity index (χ2v) is 11.6. The summed E-state index contributed by atoms with van der Waals surface area (Å²) in [4.78, 5) is 54.3. The minimum absolute atomic E-state index is 0.0309. The van der Waals surface area contributed by atoms with Crippen LogP contribution in [0.4, 0.5) is 26.6 Å². The Morgan fingerprint density at radius 1 is 0.909 bits per heavy atom. The molecular weight excluding hydrogens is 574 g/mol. The highest BCUT2D eigenvalue weighted by atomic mass is 19.3. The Kier molecular flexibility index (Phi) is 10.8. The van der Waals surface area contributed by atoms with E-state index < -0.39 is 12.1 Å². The molecule has 0 radical (unpaired) electrons. The zero-order chi connectivity index (χ0) is 31.1. The quantitative estimate of drug-likeness (QED) is 0.395. The average Bonchev–Trinajstić information content (AvgIpc) is 3.04. The van der Waals surface area contributed by atoms with Crippen LogP contribution in [-0.4, -0.2) is 119 Å². The Hall–Kier alpha value is -3.59. The molecule has 1 amide bonds. The van der Waals surface area contributed by atoms with Crippen molar-refractivity contribution in [3.63, 3.8) is 0 Å². The number of carbonyl (C=O) groups excluding carboxylic acids is 2. The number of anilines is 3. The van der Waals surface area contributed by atoms with Gasteiger partial charge in [-0.05, 0) is 25.2 Å². The van der Waals surface area contributed by atoms with Crippen LogP contribution in [-0.2, 0) is 14.3 Å². The number of piperidine rings is 1. The Morgan fingerprint density at radius 2 is 1.57 bits per heavy atom. The Bertz CT molecular complexity index is 1280. The zero-order valence-electron chi connectivity index (χ0n) is 25.3. The van der Waals surface area contributed by atoms with E-state index in [0.717, 1.165) is 52.0 Å². The third-order valence-corrected chi connectivity index (χ3v) is 8.48. The lowest BCUT2D eigenvalue weighted by atomic mass is 9.95. The van der Waals surface area contributed by atoms with E-state index in [4.69, 9.17) is 15.5 Å². The molecule has 3 fully saturated rings. The Morgan fingerprint density at radius 3 is 2.20 bits per heavy atom. The van der Waals surface area contributed by atoms with Crippen molar-refractivity contribution in [2.24, 2.45) is 5.92 Å². The normalized spacial score (nSPS) is 18.7. The summed E-state index contributed by atoms with van der Waals surface area (Å²) in [6.45, 7) is 9.56. The Balaban J connectivity index is 1.20. The minimum Gasteiger partial charge on any atom is -0.378 e. The van der Waals surface area contributed by atoms with Gasteiger partial charge in [0, 0.05) is 84.4 Å². The summed E-state index contributed by atoms with van der Waals surface area (Å²) in [6.07, 6.45) is 2.29. The van der Waals surface area contributed by atoms with Crippen LogP contribution in [0.3, 0.4) is 0 Å². The molecule has 13 nitrogen and oxygen atoms in total. The second kappa shape index (κ2) is 14.9. The lowest BCUT2D eigenvalue weighted by molar-refractivity contribution is -0.134. The van der Waals surface area contributed by atoms with Crippen molar-refractivity contribution in [3.05, 3.63) is 11.9 Å². The molecular formula is C29H42F2N10O3. The SMILES string of the molecule is CCCC(=O)CCC(=O)N1CCC(CN2CCN(c3nc(-c4cnc(N)nc4C(F)F)nc(N4CCOCC4)n3)CC2)CC1. The predicted octanol–water partition coefficient (Wildman–Crippen LogP) is 2.20.